The molecular formula is C36H59N11O7Zn. The van der Waals surface area contributed by atoms with Crippen molar-refractivity contribution in [1.29, 1.82) is 0 Å². The Kier molecular flexibility index (Phi) is 25.1. The van der Waals surface area contributed by atoms with Gasteiger partial charge in [-0.05, 0) is 25.7 Å². The van der Waals surface area contributed by atoms with Gasteiger partial charge in [0, 0.05) is 140 Å². The van der Waals surface area contributed by atoms with Crippen LogP contribution in [0.3, 0.4) is 0 Å². The van der Waals surface area contributed by atoms with Gasteiger partial charge in [0.2, 0.25) is 23.6 Å². The van der Waals surface area contributed by atoms with Crippen molar-refractivity contribution in [3.63, 3.8) is 0 Å². The van der Waals surface area contributed by atoms with E-state index in [4.69, 9.17) is 19.9 Å². The average molecular weight is 823 g/mol. The molecule has 0 aliphatic carbocycles. The molecule has 0 aliphatic rings. The number of imidazole rings is 3. The normalized spacial score (nSPS) is 11.1. The van der Waals surface area contributed by atoms with Gasteiger partial charge in [-0.2, -0.15) is 0 Å². The number of nitrogens with one attached hydrogen (secondary N) is 4. The molecule has 0 radical (unpaired) electrons. The summed E-state index contributed by atoms with van der Waals surface area (Å²) in [6.45, 7) is 5.33. The fraction of sp³-hybridized carbons (Fsp3) is 0.639. The van der Waals surface area contributed by atoms with E-state index in [2.05, 4.69) is 36.2 Å². The Morgan fingerprint density at radius 3 is 1.22 bits per heavy atom. The maximum absolute atomic E-state index is 12.6. The molecule has 0 spiro atoms. The predicted octanol–water partition coefficient (Wildman–Crippen LogP) is 0.255. The van der Waals surface area contributed by atoms with E-state index in [9.17, 15) is 19.2 Å². The summed E-state index contributed by atoms with van der Waals surface area (Å²) < 4.78 is 24.0. The molecule has 302 valence electrons. The van der Waals surface area contributed by atoms with Gasteiger partial charge in [0.15, 0.2) is 0 Å². The van der Waals surface area contributed by atoms with Crippen molar-refractivity contribution in [3.8, 4) is 0 Å². The van der Waals surface area contributed by atoms with E-state index in [-0.39, 0.29) is 108 Å². The number of hydrogen-bond donors (Lipinski definition) is 5. The standard InChI is InChI=1S/C36H59N11O7.Zn/c37-9-13-44-32(48)4-8-36(26-52-23-5-33(49)41-10-1-17-45-20-14-38-29-45,27-53-24-6-34(50)42-11-2-18-46-21-15-39-30-46)28-54-25-7-35(51)43-12-3-19-47-22-16-40-31-47;/h14-16,20-22,29-31H,1-13,17-19,23-28,37H2,(H,41,49)(H,42,50)(H,43,51)(H,44,48);. The molecule has 0 atom stereocenters. The third-order valence-corrected chi connectivity index (χ3v) is 8.42. The Balaban J connectivity index is 0.0000105. The zero-order chi connectivity index (χ0) is 38.5. The summed E-state index contributed by atoms with van der Waals surface area (Å²) >= 11 is 0. The fourth-order valence-electron chi connectivity index (χ4n) is 5.37. The number of ether oxygens (including phenoxy) is 3. The molecule has 4 amide bonds. The van der Waals surface area contributed by atoms with Gasteiger partial charge in [-0.3, -0.25) is 19.2 Å². The molecule has 0 saturated carbocycles. The fourth-order valence-corrected chi connectivity index (χ4v) is 5.37. The number of hydrogen-bond acceptors (Lipinski definition) is 11. The summed E-state index contributed by atoms with van der Waals surface area (Å²) in [5, 5.41) is 11.5. The summed E-state index contributed by atoms with van der Waals surface area (Å²) in [7, 11) is 0. The zero-order valence-electron chi connectivity index (χ0n) is 32.1. The predicted molar refractivity (Wildman–Crippen MR) is 200 cm³/mol. The van der Waals surface area contributed by atoms with Gasteiger partial charge in [-0.15, -0.1) is 0 Å². The van der Waals surface area contributed by atoms with Crippen molar-refractivity contribution < 1.29 is 52.9 Å². The van der Waals surface area contributed by atoms with Crippen LogP contribution in [0.15, 0.2) is 56.2 Å². The van der Waals surface area contributed by atoms with E-state index in [0.29, 0.717) is 39.1 Å². The Morgan fingerprint density at radius 1 is 0.545 bits per heavy atom. The molecule has 3 aromatic heterocycles. The van der Waals surface area contributed by atoms with E-state index in [1.807, 2.05) is 32.3 Å². The molecule has 3 heterocycles. The number of aryl methyl sites for hydroxylation is 3. The number of amides is 4. The Morgan fingerprint density at radius 2 is 0.891 bits per heavy atom. The smallest absolute Gasteiger partial charge is 0.222 e. The summed E-state index contributed by atoms with van der Waals surface area (Å²) in [5.74, 6) is -0.573. The van der Waals surface area contributed by atoms with Gasteiger partial charge < -0.3 is 54.9 Å². The first-order valence-corrected chi connectivity index (χ1v) is 18.7. The van der Waals surface area contributed by atoms with Crippen molar-refractivity contribution in [2.45, 2.75) is 71.0 Å². The summed E-state index contributed by atoms with van der Waals surface area (Å²) in [6.07, 6.45) is 19.2. The van der Waals surface area contributed by atoms with E-state index < -0.39 is 5.41 Å². The van der Waals surface area contributed by atoms with Gasteiger partial charge in [0.25, 0.3) is 0 Å². The summed E-state index contributed by atoms with van der Waals surface area (Å²) in [5.41, 5.74) is 4.77. The van der Waals surface area contributed by atoms with Crippen LogP contribution in [-0.4, -0.2) is 125 Å². The molecule has 0 saturated heterocycles. The summed E-state index contributed by atoms with van der Waals surface area (Å²) in [6, 6.07) is 0. The van der Waals surface area contributed by atoms with Crippen molar-refractivity contribution in [2.24, 2.45) is 11.1 Å². The minimum absolute atomic E-state index is 0. The molecule has 0 fully saturated rings. The van der Waals surface area contributed by atoms with Crippen LogP contribution in [0, 0.1) is 5.41 Å². The number of nitrogens with two attached hydrogens (primary N) is 1. The number of nitrogens with zero attached hydrogens (tertiary/aromatic N) is 6. The number of carbonyl (C=O) groups excluding carboxylic acids is 4. The zero-order valence-corrected chi connectivity index (χ0v) is 35.0. The third kappa shape index (κ3) is 22.2. The van der Waals surface area contributed by atoms with Crippen LogP contribution in [0.25, 0.3) is 0 Å². The molecule has 0 unspecified atom stereocenters. The Labute approximate surface area is 336 Å². The van der Waals surface area contributed by atoms with Crippen LogP contribution < -0.4 is 27.0 Å². The van der Waals surface area contributed by atoms with Crippen molar-refractivity contribution in [1.82, 2.24) is 49.9 Å². The Hall–Kier alpha value is -4.03. The van der Waals surface area contributed by atoms with Gasteiger partial charge in [-0.1, -0.05) is 0 Å². The minimum atomic E-state index is -0.802. The number of rotatable bonds is 32. The van der Waals surface area contributed by atoms with Gasteiger partial charge in [0.05, 0.1) is 58.6 Å². The maximum Gasteiger partial charge on any atom is 0.222 e. The van der Waals surface area contributed by atoms with Crippen LogP contribution in [0.5, 0.6) is 0 Å². The molecule has 6 N–H and O–H groups in total. The first-order valence-electron chi connectivity index (χ1n) is 18.7. The first kappa shape index (κ1) is 47.1. The van der Waals surface area contributed by atoms with Crippen LogP contribution in [0.4, 0.5) is 0 Å². The molecule has 3 rings (SSSR count). The second-order valence-electron chi connectivity index (χ2n) is 13.1. The van der Waals surface area contributed by atoms with Gasteiger partial charge >= 0.3 is 0 Å². The quantitative estimate of drug-likeness (QED) is 0.0424. The third-order valence-electron chi connectivity index (χ3n) is 8.42. The van der Waals surface area contributed by atoms with Gasteiger partial charge in [-0.25, -0.2) is 15.0 Å². The topological polar surface area (TPSA) is 224 Å². The Bertz CT molecular complexity index is 1280. The van der Waals surface area contributed by atoms with Crippen molar-refractivity contribution in [2.75, 3.05) is 72.4 Å². The monoisotopic (exact) mass is 821 g/mol. The van der Waals surface area contributed by atoms with Crippen LogP contribution in [0.1, 0.15) is 51.4 Å². The van der Waals surface area contributed by atoms with E-state index in [0.717, 1.165) is 38.9 Å². The molecule has 55 heavy (non-hydrogen) atoms. The molecule has 19 heteroatoms. The van der Waals surface area contributed by atoms with E-state index in [1.54, 1.807) is 37.6 Å². The largest absolute Gasteiger partial charge is 0.380 e. The second-order valence-corrected chi connectivity index (χ2v) is 13.1. The first-order chi connectivity index (χ1) is 26.4. The number of carbonyl (C=O) groups is 4. The molecule has 0 aliphatic heterocycles. The van der Waals surface area contributed by atoms with Gasteiger partial charge in [0.1, 0.15) is 0 Å². The molecule has 0 bridgehead atoms. The van der Waals surface area contributed by atoms with E-state index >= 15 is 0 Å². The minimum Gasteiger partial charge on any atom is -0.380 e. The van der Waals surface area contributed by atoms with E-state index in [1.165, 1.54) is 0 Å². The number of aromatic nitrogens is 6. The van der Waals surface area contributed by atoms with Crippen LogP contribution in [0.2, 0.25) is 0 Å². The van der Waals surface area contributed by atoms with Crippen molar-refractivity contribution >= 4 is 23.6 Å². The second kappa shape index (κ2) is 29.3. The van der Waals surface area contributed by atoms with Crippen LogP contribution in [-0.2, 0) is 72.5 Å². The average Bonchev–Trinajstić information content (AvgIpc) is 4.00. The molecule has 18 nitrogen and oxygen atoms in total. The molecule has 3 aromatic rings. The maximum atomic E-state index is 12.6. The SMILES string of the molecule is NCCNC(=O)CCC(COCCC(=O)NCCCn1ccnc1)(COCCC(=O)NCCCn1ccnc1)COCCC(=O)NCCCn1ccnc1.[Zn]. The molecular weight excluding hydrogens is 764 g/mol. The van der Waals surface area contributed by atoms with Crippen molar-refractivity contribution in [3.05, 3.63) is 56.2 Å². The van der Waals surface area contributed by atoms with Crippen LogP contribution >= 0.6 is 0 Å². The molecule has 0 aromatic carbocycles. The summed E-state index contributed by atoms with van der Waals surface area (Å²) in [4.78, 5) is 62.2.